The van der Waals surface area contributed by atoms with Gasteiger partial charge in [-0.05, 0) is 31.6 Å². The van der Waals surface area contributed by atoms with Gasteiger partial charge in [-0.15, -0.1) is 5.92 Å². The number of nitrogens with zero attached hydrogens (tertiary/aromatic N) is 2. The van der Waals surface area contributed by atoms with Crippen molar-refractivity contribution in [3.8, 4) is 23.6 Å². The van der Waals surface area contributed by atoms with Crippen molar-refractivity contribution in [1.82, 2.24) is 9.97 Å². The number of aromatic nitrogens is 2. The maximum atomic E-state index is 6.02. The van der Waals surface area contributed by atoms with Crippen LogP contribution in [0.2, 0.25) is 0 Å². The second-order valence-corrected chi connectivity index (χ2v) is 5.33. The van der Waals surface area contributed by atoms with E-state index >= 15 is 0 Å². The fourth-order valence-electron chi connectivity index (χ4n) is 2.50. The van der Waals surface area contributed by atoms with E-state index in [0.29, 0.717) is 30.2 Å². The van der Waals surface area contributed by atoms with Crippen LogP contribution in [0.4, 0.5) is 0 Å². The molecule has 4 nitrogen and oxygen atoms in total. The molecule has 1 aliphatic rings. The molecule has 3 unspecified atom stereocenters. The van der Waals surface area contributed by atoms with E-state index in [-0.39, 0.29) is 6.10 Å². The Kier molecular flexibility index (Phi) is 5.23. The highest BCUT2D eigenvalue weighted by atomic mass is 16.5. The molecule has 108 valence electrons. The van der Waals surface area contributed by atoms with Crippen LogP contribution in [0.15, 0.2) is 12.4 Å². The summed E-state index contributed by atoms with van der Waals surface area (Å²) in [5.74, 6) is 7.96. The van der Waals surface area contributed by atoms with Gasteiger partial charge in [0.15, 0.2) is 6.61 Å². The zero-order valence-corrected chi connectivity index (χ0v) is 12.4. The first kappa shape index (κ1) is 14.6. The topological polar surface area (TPSA) is 44.2 Å². The Hall–Kier alpha value is -1.76. The molecule has 1 aromatic heterocycles. The summed E-state index contributed by atoms with van der Waals surface area (Å²) in [6.45, 7) is 6.66. The molecule has 0 bridgehead atoms. The van der Waals surface area contributed by atoms with Crippen LogP contribution in [-0.2, 0) is 0 Å². The van der Waals surface area contributed by atoms with Crippen LogP contribution in [0.25, 0.3) is 0 Å². The molecule has 0 saturated heterocycles. The molecular weight excluding hydrogens is 252 g/mol. The Labute approximate surface area is 120 Å². The zero-order valence-electron chi connectivity index (χ0n) is 12.4. The van der Waals surface area contributed by atoms with Gasteiger partial charge in [0.25, 0.3) is 0 Å². The van der Waals surface area contributed by atoms with Crippen LogP contribution in [-0.4, -0.2) is 22.7 Å². The molecule has 1 aliphatic carbocycles. The van der Waals surface area contributed by atoms with Crippen molar-refractivity contribution in [2.75, 3.05) is 6.61 Å². The van der Waals surface area contributed by atoms with Crippen molar-refractivity contribution in [3.05, 3.63) is 12.4 Å². The SMILES string of the molecule is CC#CCOc1cc(OC2CCCC(C)C2C)ncn1. The predicted molar refractivity (Wildman–Crippen MR) is 77.6 cm³/mol. The molecule has 0 N–H and O–H groups in total. The molecule has 4 heteroatoms. The summed E-state index contributed by atoms with van der Waals surface area (Å²) >= 11 is 0. The Bertz CT molecular complexity index is 493. The summed E-state index contributed by atoms with van der Waals surface area (Å²) in [5, 5.41) is 0. The summed E-state index contributed by atoms with van der Waals surface area (Å²) in [7, 11) is 0. The van der Waals surface area contributed by atoms with E-state index < -0.39 is 0 Å². The number of rotatable bonds is 4. The first-order chi connectivity index (χ1) is 9.70. The normalized spacial score (nSPS) is 25.4. The van der Waals surface area contributed by atoms with Crippen molar-refractivity contribution >= 4 is 0 Å². The van der Waals surface area contributed by atoms with Gasteiger partial charge in [-0.3, -0.25) is 0 Å². The van der Waals surface area contributed by atoms with E-state index in [1.165, 1.54) is 19.2 Å². The highest BCUT2D eigenvalue weighted by molar-refractivity contribution is 5.19. The summed E-state index contributed by atoms with van der Waals surface area (Å²) in [6.07, 6.45) is 5.30. The third-order valence-electron chi connectivity index (χ3n) is 3.99. The molecule has 0 radical (unpaired) electrons. The number of hydrogen-bond acceptors (Lipinski definition) is 4. The van der Waals surface area contributed by atoms with E-state index in [9.17, 15) is 0 Å². The van der Waals surface area contributed by atoms with Crippen molar-refractivity contribution < 1.29 is 9.47 Å². The maximum Gasteiger partial charge on any atom is 0.221 e. The Balaban J connectivity index is 1.97. The first-order valence-corrected chi connectivity index (χ1v) is 7.22. The fourth-order valence-corrected chi connectivity index (χ4v) is 2.50. The van der Waals surface area contributed by atoms with E-state index in [0.717, 1.165) is 6.42 Å². The standard InChI is InChI=1S/C16H22N2O2/c1-4-5-9-19-15-10-16(18-11-17-15)20-14-8-6-7-12(2)13(14)3/h10-14H,6-9H2,1-3H3. The first-order valence-electron chi connectivity index (χ1n) is 7.22. The highest BCUT2D eigenvalue weighted by Gasteiger charge is 2.28. The minimum Gasteiger partial charge on any atom is -0.474 e. The van der Waals surface area contributed by atoms with Crippen LogP contribution in [0, 0.1) is 23.7 Å². The third-order valence-corrected chi connectivity index (χ3v) is 3.99. The molecular formula is C16H22N2O2. The van der Waals surface area contributed by atoms with Gasteiger partial charge in [0.05, 0.1) is 6.07 Å². The van der Waals surface area contributed by atoms with Crippen molar-refractivity contribution in [2.45, 2.75) is 46.1 Å². The number of hydrogen-bond donors (Lipinski definition) is 0. The number of ether oxygens (including phenoxy) is 2. The van der Waals surface area contributed by atoms with Crippen LogP contribution in [0.5, 0.6) is 11.8 Å². The summed E-state index contributed by atoms with van der Waals surface area (Å²) in [6, 6.07) is 1.74. The Morgan fingerprint density at radius 2 is 2.05 bits per heavy atom. The lowest BCUT2D eigenvalue weighted by Gasteiger charge is -2.33. The van der Waals surface area contributed by atoms with Crippen molar-refractivity contribution in [2.24, 2.45) is 11.8 Å². The van der Waals surface area contributed by atoms with Gasteiger partial charge in [0.1, 0.15) is 12.4 Å². The lowest BCUT2D eigenvalue weighted by molar-refractivity contribution is 0.0649. The third kappa shape index (κ3) is 3.86. The Morgan fingerprint density at radius 3 is 2.85 bits per heavy atom. The second kappa shape index (κ2) is 7.14. The van der Waals surface area contributed by atoms with E-state index in [1.54, 1.807) is 13.0 Å². The van der Waals surface area contributed by atoms with Crippen LogP contribution in [0.3, 0.4) is 0 Å². The second-order valence-electron chi connectivity index (χ2n) is 5.33. The Morgan fingerprint density at radius 1 is 1.25 bits per heavy atom. The molecule has 1 fully saturated rings. The molecule has 0 amide bonds. The van der Waals surface area contributed by atoms with Crippen LogP contribution in [0.1, 0.15) is 40.0 Å². The molecule has 2 rings (SSSR count). The van der Waals surface area contributed by atoms with Gasteiger partial charge < -0.3 is 9.47 Å². The van der Waals surface area contributed by atoms with Gasteiger partial charge in [-0.1, -0.05) is 26.2 Å². The summed E-state index contributed by atoms with van der Waals surface area (Å²) in [5.41, 5.74) is 0. The van der Waals surface area contributed by atoms with Crippen molar-refractivity contribution in [3.63, 3.8) is 0 Å². The average Bonchev–Trinajstić information content (AvgIpc) is 2.45. The van der Waals surface area contributed by atoms with Crippen LogP contribution < -0.4 is 9.47 Å². The minimum atomic E-state index is 0.233. The molecule has 3 atom stereocenters. The molecule has 0 aliphatic heterocycles. The van der Waals surface area contributed by atoms with Gasteiger partial charge in [-0.2, -0.15) is 0 Å². The van der Waals surface area contributed by atoms with Gasteiger partial charge in [0.2, 0.25) is 11.8 Å². The van der Waals surface area contributed by atoms with Crippen molar-refractivity contribution in [1.29, 1.82) is 0 Å². The highest BCUT2D eigenvalue weighted by Crippen LogP contribution is 2.32. The zero-order chi connectivity index (χ0) is 14.4. The summed E-state index contributed by atoms with van der Waals surface area (Å²) < 4.78 is 11.4. The summed E-state index contributed by atoms with van der Waals surface area (Å²) in [4.78, 5) is 8.23. The lowest BCUT2D eigenvalue weighted by atomic mass is 9.79. The maximum absolute atomic E-state index is 6.02. The molecule has 0 spiro atoms. The minimum absolute atomic E-state index is 0.233. The average molecular weight is 274 g/mol. The van der Waals surface area contributed by atoms with E-state index in [2.05, 4.69) is 35.7 Å². The molecule has 1 heterocycles. The smallest absolute Gasteiger partial charge is 0.221 e. The van der Waals surface area contributed by atoms with Crippen LogP contribution >= 0.6 is 0 Å². The monoisotopic (exact) mass is 274 g/mol. The van der Waals surface area contributed by atoms with E-state index in [4.69, 9.17) is 9.47 Å². The molecule has 20 heavy (non-hydrogen) atoms. The quantitative estimate of drug-likeness (QED) is 0.791. The van der Waals surface area contributed by atoms with Gasteiger partial charge in [0, 0.05) is 0 Å². The molecule has 1 aromatic rings. The largest absolute Gasteiger partial charge is 0.474 e. The molecule has 1 saturated carbocycles. The van der Waals surface area contributed by atoms with Gasteiger partial charge in [-0.25, -0.2) is 9.97 Å². The fraction of sp³-hybridized carbons (Fsp3) is 0.625. The van der Waals surface area contributed by atoms with Gasteiger partial charge >= 0.3 is 0 Å². The predicted octanol–water partition coefficient (Wildman–Crippen LogP) is 3.08. The van der Waals surface area contributed by atoms with E-state index in [1.807, 2.05) is 0 Å². The lowest BCUT2D eigenvalue weighted by Crippen LogP contribution is -2.33. The molecule has 0 aromatic carbocycles.